The predicted molar refractivity (Wildman–Crippen MR) is 150 cm³/mol. The molecule has 0 aromatic heterocycles. The molecule has 0 fully saturated rings. The standard InChI is InChI=1S/C31H38N2O5/c1-3-4-5-6-7-10-20-36-27-16-18-28(19-17-27)37-24-31(34)33-32-22-26-13-8-9-15-30(26)38-23-25-12-11-14-29(21-25)35-2/h8-9,11-19,21-22H,3-7,10,20,23-24H2,1-2H3,(H,33,34)/b32-22-. The first-order valence-electron chi connectivity index (χ1n) is 13.2. The third kappa shape index (κ3) is 10.5. The molecule has 0 atom stereocenters. The second-order valence-corrected chi connectivity index (χ2v) is 8.85. The molecule has 0 aliphatic heterocycles. The number of benzene rings is 3. The second kappa shape index (κ2) is 16.7. The number of hydrogen-bond acceptors (Lipinski definition) is 6. The Hall–Kier alpha value is -4.00. The van der Waals surface area contributed by atoms with Crippen molar-refractivity contribution in [1.29, 1.82) is 0 Å². The van der Waals surface area contributed by atoms with Gasteiger partial charge in [0, 0.05) is 5.56 Å². The van der Waals surface area contributed by atoms with Crippen LogP contribution in [0, 0.1) is 0 Å². The van der Waals surface area contributed by atoms with Crippen LogP contribution in [0.3, 0.4) is 0 Å². The smallest absolute Gasteiger partial charge is 0.277 e. The van der Waals surface area contributed by atoms with E-state index < -0.39 is 0 Å². The second-order valence-electron chi connectivity index (χ2n) is 8.85. The molecule has 0 spiro atoms. The third-order valence-electron chi connectivity index (χ3n) is 5.80. The summed E-state index contributed by atoms with van der Waals surface area (Å²) in [6.45, 7) is 3.16. The molecule has 0 saturated heterocycles. The summed E-state index contributed by atoms with van der Waals surface area (Å²) in [5.41, 5.74) is 4.22. The summed E-state index contributed by atoms with van der Waals surface area (Å²) in [5.74, 6) is 2.46. The van der Waals surface area contributed by atoms with E-state index in [-0.39, 0.29) is 12.5 Å². The molecule has 3 aromatic rings. The fourth-order valence-corrected chi connectivity index (χ4v) is 3.70. The van der Waals surface area contributed by atoms with E-state index in [1.165, 1.54) is 32.1 Å². The van der Waals surface area contributed by atoms with Gasteiger partial charge in [0.1, 0.15) is 29.6 Å². The van der Waals surface area contributed by atoms with E-state index in [9.17, 15) is 4.79 Å². The molecule has 0 heterocycles. The van der Waals surface area contributed by atoms with E-state index in [1.54, 1.807) is 25.5 Å². The van der Waals surface area contributed by atoms with Gasteiger partial charge in [-0.15, -0.1) is 0 Å². The minimum Gasteiger partial charge on any atom is -0.497 e. The van der Waals surface area contributed by atoms with Crippen LogP contribution in [0.2, 0.25) is 0 Å². The molecule has 202 valence electrons. The molecule has 3 rings (SSSR count). The average Bonchev–Trinajstić information content (AvgIpc) is 2.96. The zero-order valence-corrected chi connectivity index (χ0v) is 22.4. The number of unbranched alkanes of at least 4 members (excludes halogenated alkanes) is 5. The summed E-state index contributed by atoms with van der Waals surface area (Å²) < 4.78 is 22.5. The highest BCUT2D eigenvalue weighted by atomic mass is 16.5. The molecule has 0 bridgehead atoms. The van der Waals surface area contributed by atoms with Crippen molar-refractivity contribution in [1.82, 2.24) is 5.43 Å². The number of carbonyl (C=O) groups excluding carboxylic acids is 1. The lowest BCUT2D eigenvalue weighted by Crippen LogP contribution is -2.24. The molecule has 3 aromatic carbocycles. The van der Waals surface area contributed by atoms with Crippen LogP contribution in [-0.4, -0.2) is 32.4 Å². The normalized spacial score (nSPS) is 10.8. The van der Waals surface area contributed by atoms with Crippen LogP contribution in [0.15, 0.2) is 77.9 Å². The summed E-state index contributed by atoms with van der Waals surface area (Å²) >= 11 is 0. The number of amides is 1. The number of para-hydroxylation sites is 1. The fourth-order valence-electron chi connectivity index (χ4n) is 3.70. The van der Waals surface area contributed by atoms with Crippen molar-refractivity contribution < 1.29 is 23.7 Å². The van der Waals surface area contributed by atoms with Gasteiger partial charge < -0.3 is 18.9 Å². The van der Waals surface area contributed by atoms with Crippen LogP contribution < -0.4 is 24.4 Å². The van der Waals surface area contributed by atoms with E-state index >= 15 is 0 Å². The number of rotatable bonds is 17. The molecular formula is C31H38N2O5. The summed E-state index contributed by atoms with van der Waals surface area (Å²) in [5, 5.41) is 4.05. The Bertz CT molecular complexity index is 1130. The summed E-state index contributed by atoms with van der Waals surface area (Å²) in [4.78, 5) is 12.2. The Morgan fingerprint density at radius 2 is 1.55 bits per heavy atom. The highest BCUT2D eigenvalue weighted by Crippen LogP contribution is 2.20. The highest BCUT2D eigenvalue weighted by molar-refractivity contribution is 5.85. The van der Waals surface area contributed by atoms with Gasteiger partial charge in [0.15, 0.2) is 6.61 Å². The predicted octanol–water partition coefficient (Wildman–Crippen LogP) is 6.54. The fraction of sp³-hybridized carbons (Fsp3) is 0.355. The van der Waals surface area contributed by atoms with E-state index in [0.717, 1.165) is 29.0 Å². The molecule has 7 heteroatoms. The molecule has 0 radical (unpaired) electrons. The molecule has 0 aliphatic rings. The van der Waals surface area contributed by atoms with Gasteiger partial charge in [-0.1, -0.05) is 63.3 Å². The number of hydrazone groups is 1. The number of carbonyl (C=O) groups is 1. The average molecular weight is 519 g/mol. The largest absolute Gasteiger partial charge is 0.497 e. The lowest BCUT2D eigenvalue weighted by Gasteiger charge is -2.10. The van der Waals surface area contributed by atoms with Crippen molar-refractivity contribution >= 4 is 12.1 Å². The lowest BCUT2D eigenvalue weighted by atomic mass is 10.1. The zero-order valence-electron chi connectivity index (χ0n) is 22.4. The molecule has 1 amide bonds. The number of methoxy groups -OCH3 is 1. The van der Waals surface area contributed by atoms with Gasteiger partial charge in [0.2, 0.25) is 0 Å². The molecule has 1 N–H and O–H groups in total. The molecule has 0 saturated carbocycles. The van der Waals surface area contributed by atoms with Gasteiger partial charge in [0.05, 0.1) is 19.9 Å². The van der Waals surface area contributed by atoms with Crippen LogP contribution in [0.4, 0.5) is 0 Å². The Balaban J connectivity index is 1.37. The third-order valence-corrected chi connectivity index (χ3v) is 5.80. The molecule has 38 heavy (non-hydrogen) atoms. The maximum Gasteiger partial charge on any atom is 0.277 e. The van der Waals surface area contributed by atoms with Crippen LogP contribution in [0.25, 0.3) is 0 Å². The quantitative estimate of drug-likeness (QED) is 0.125. The van der Waals surface area contributed by atoms with Crippen molar-refractivity contribution in [3.8, 4) is 23.0 Å². The first-order valence-corrected chi connectivity index (χ1v) is 13.2. The molecule has 7 nitrogen and oxygen atoms in total. The Labute approximate surface area is 225 Å². The Kier molecular flexibility index (Phi) is 12.5. The molecule has 0 aliphatic carbocycles. The lowest BCUT2D eigenvalue weighted by molar-refractivity contribution is -0.123. The van der Waals surface area contributed by atoms with Crippen LogP contribution in [0.1, 0.15) is 56.6 Å². The summed E-state index contributed by atoms with van der Waals surface area (Å²) in [7, 11) is 1.63. The highest BCUT2D eigenvalue weighted by Gasteiger charge is 2.05. The number of nitrogens with one attached hydrogen (secondary N) is 1. The monoisotopic (exact) mass is 518 g/mol. The summed E-state index contributed by atoms with van der Waals surface area (Å²) in [6, 6.07) is 22.5. The summed E-state index contributed by atoms with van der Waals surface area (Å²) in [6.07, 6.45) is 8.93. The van der Waals surface area contributed by atoms with E-state index in [1.807, 2.05) is 60.7 Å². The van der Waals surface area contributed by atoms with Crippen LogP contribution in [-0.2, 0) is 11.4 Å². The number of hydrogen-bond donors (Lipinski definition) is 1. The number of ether oxygens (including phenoxy) is 4. The van der Waals surface area contributed by atoms with Crippen molar-refractivity contribution in [2.45, 2.75) is 52.1 Å². The van der Waals surface area contributed by atoms with Gasteiger partial charge in [-0.2, -0.15) is 5.10 Å². The maximum atomic E-state index is 12.2. The van der Waals surface area contributed by atoms with Gasteiger partial charge in [-0.25, -0.2) is 5.43 Å². The minimum atomic E-state index is -0.362. The zero-order chi connectivity index (χ0) is 26.8. The Morgan fingerprint density at radius 3 is 2.34 bits per heavy atom. The van der Waals surface area contributed by atoms with E-state index in [4.69, 9.17) is 18.9 Å². The van der Waals surface area contributed by atoms with Crippen molar-refractivity contribution in [3.63, 3.8) is 0 Å². The SMILES string of the molecule is CCCCCCCCOc1ccc(OCC(=O)N/N=C\c2ccccc2OCc2cccc(OC)c2)cc1. The minimum absolute atomic E-state index is 0.150. The first kappa shape index (κ1) is 28.6. The van der Waals surface area contributed by atoms with Gasteiger partial charge in [0.25, 0.3) is 5.91 Å². The number of nitrogens with zero attached hydrogens (tertiary/aromatic N) is 1. The maximum absolute atomic E-state index is 12.2. The van der Waals surface area contributed by atoms with Crippen LogP contribution in [0.5, 0.6) is 23.0 Å². The van der Waals surface area contributed by atoms with E-state index in [0.29, 0.717) is 24.7 Å². The van der Waals surface area contributed by atoms with E-state index in [2.05, 4.69) is 17.5 Å². The first-order chi connectivity index (χ1) is 18.7. The van der Waals surface area contributed by atoms with Crippen molar-refractivity contribution in [2.75, 3.05) is 20.3 Å². The topological polar surface area (TPSA) is 78.4 Å². The van der Waals surface area contributed by atoms with Crippen LogP contribution >= 0.6 is 0 Å². The van der Waals surface area contributed by atoms with Gasteiger partial charge in [-0.3, -0.25) is 4.79 Å². The van der Waals surface area contributed by atoms with Gasteiger partial charge >= 0.3 is 0 Å². The van der Waals surface area contributed by atoms with Crippen molar-refractivity contribution in [3.05, 3.63) is 83.9 Å². The van der Waals surface area contributed by atoms with Crippen molar-refractivity contribution in [2.24, 2.45) is 5.10 Å². The molecular weight excluding hydrogens is 480 g/mol. The Morgan fingerprint density at radius 1 is 0.816 bits per heavy atom. The molecule has 0 unspecified atom stereocenters. The van der Waals surface area contributed by atoms with Gasteiger partial charge in [-0.05, 0) is 60.5 Å².